The van der Waals surface area contributed by atoms with Crippen LogP contribution in [0.5, 0.6) is 5.75 Å². The predicted octanol–water partition coefficient (Wildman–Crippen LogP) is 1.89. The molecule has 128 valence electrons. The number of sulfonamides is 1. The number of anilines is 1. The zero-order chi connectivity index (χ0) is 18.4. The highest BCUT2D eigenvalue weighted by Gasteiger charge is 2.11. The largest absolute Gasteiger partial charge is 0.497 e. The number of methoxy groups -OCH3 is 1. The fraction of sp³-hybridized carbons (Fsp3) is 0.0588. The van der Waals surface area contributed by atoms with Crippen molar-refractivity contribution in [2.24, 2.45) is 5.14 Å². The number of hydrogen-bond donors (Lipinski definition) is 2. The fourth-order valence-corrected chi connectivity index (χ4v) is 2.49. The van der Waals surface area contributed by atoms with E-state index in [4.69, 9.17) is 9.88 Å². The van der Waals surface area contributed by atoms with Gasteiger partial charge in [0.2, 0.25) is 10.0 Å². The summed E-state index contributed by atoms with van der Waals surface area (Å²) in [5.74, 6) is -0.0151. The maximum atomic E-state index is 12.2. The number of carbonyl (C=O) groups excluding carboxylic acids is 1. The Bertz CT molecular complexity index is 958. The van der Waals surface area contributed by atoms with Crippen LogP contribution in [0.2, 0.25) is 0 Å². The summed E-state index contributed by atoms with van der Waals surface area (Å²) in [5, 5.41) is 16.7. The molecule has 0 unspecified atom stereocenters. The van der Waals surface area contributed by atoms with Gasteiger partial charge >= 0.3 is 0 Å². The first kappa shape index (κ1) is 18.2. The summed E-state index contributed by atoms with van der Waals surface area (Å²) in [7, 11) is -2.28. The molecule has 2 aromatic carbocycles. The standard InChI is InChI=1S/C17H15N3O4S/c1-24-15-4-2-3-12(10-15)9-13(11-18)17(21)20-14-5-7-16(8-6-14)25(19,22)23/h2-10H,1H3,(H,20,21)(H2,19,22,23)/b13-9-. The molecule has 0 saturated carbocycles. The van der Waals surface area contributed by atoms with Crippen LogP contribution in [-0.2, 0) is 14.8 Å². The lowest BCUT2D eigenvalue weighted by molar-refractivity contribution is -0.112. The van der Waals surface area contributed by atoms with E-state index in [0.29, 0.717) is 17.0 Å². The summed E-state index contributed by atoms with van der Waals surface area (Å²) >= 11 is 0. The number of amides is 1. The molecule has 0 aromatic heterocycles. The molecule has 0 bridgehead atoms. The SMILES string of the molecule is COc1cccc(/C=C(/C#N)C(=O)Nc2ccc(S(N)(=O)=O)cc2)c1. The van der Waals surface area contributed by atoms with Gasteiger partial charge in [0.15, 0.2) is 0 Å². The molecule has 0 heterocycles. The van der Waals surface area contributed by atoms with Gasteiger partial charge in [-0.15, -0.1) is 0 Å². The summed E-state index contributed by atoms with van der Waals surface area (Å²) in [5.41, 5.74) is 0.864. The maximum Gasteiger partial charge on any atom is 0.266 e. The monoisotopic (exact) mass is 357 g/mol. The molecular formula is C17H15N3O4S. The Kier molecular flexibility index (Phi) is 5.54. The molecule has 0 aliphatic rings. The first-order valence-corrected chi connectivity index (χ1v) is 8.58. The second-order valence-electron chi connectivity index (χ2n) is 4.97. The second-order valence-corrected chi connectivity index (χ2v) is 6.53. The predicted molar refractivity (Wildman–Crippen MR) is 93.0 cm³/mol. The molecule has 0 aliphatic heterocycles. The van der Waals surface area contributed by atoms with Crippen molar-refractivity contribution < 1.29 is 17.9 Å². The lowest BCUT2D eigenvalue weighted by Gasteiger charge is -2.06. The van der Waals surface area contributed by atoms with Crippen molar-refractivity contribution in [1.29, 1.82) is 5.26 Å². The smallest absolute Gasteiger partial charge is 0.266 e. The Hall–Kier alpha value is -3.15. The molecule has 0 saturated heterocycles. The van der Waals surface area contributed by atoms with Gasteiger partial charge in [-0.05, 0) is 48.0 Å². The molecule has 0 aliphatic carbocycles. The summed E-state index contributed by atoms with van der Waals surface area (Å²) in [4.78, 5) is 12.1. The van der Waals surface area contributed by atoms with Crippen molar-refractivity contribution >= 4 is 27.7 Å². The molecule has 0 fully saturated rings. The highest BCUT2D eigenvalue weighted by atomic mass is 32.2. The van der Waals surface area contributed by atoms with Crippen molar-refractivity contribution in [3.8, 4) is 11.8 Å². The number of hydrogen-bond acceptors (Lipinski definition) is 5. The molecule has 0 spiro atoms. The van der Waals surface area contributed by atoms with Crippen LogP contribution in [0.15, 0.2) is 59.0 Å². The Morgan fingerprint density at radius 3 is 2.48 bits per heavy atom. The van der Waals surface area contributed by atoms with Crippen molar-refractivity contribution in [3.05, 3.63) is 59.7 Å². The van der Waals surface area contributed by atoms with Crippen LogP contribution >= 0.6 is 0 Å². The summed E-state index contributed by atoms with van der Waals surface area (Å²) in [6, 6.07) is 14.0. The van der Waals surface area contributed by atoms with Gasteiger partial charge < -0.3 is 10.1 Å². The first-order valence-electron chi connectivity index (χ1n) is 7.03. The van der Waals surface area contributed by atoms with Crippen LogP contribution < -0.4 is 15.2 Å². The maximum absolute atomic E-state index is 12.2. The van der Waals surface area contributed by atoms with E-state index in [1.807, 2.05) is 6.07 Å². The third-order valence-corrected chi connectivity index (χ3v) is 4.14. The minimum absolute atomic E-state index is 0.0714. The number of rotatable bonds is 5. The lowest BCUT2D eigenvalue weighted by atomic mass is 10.1. The molecule has 0 atom stereocenters. The highest BCUT2D eigenvalue weighted by molar-refractivity contribution is 7.89. The molecule has 2 aromatic rings. The summed E-state index contributed by atoms with van der Waals surface area (Å²) < 4.78 is 27.5. The molecule has 3 N–H and O–H groups in total. The molecule has 25 heavy (non-hydrogen) atoms. The van der Waals surface area contributed by atoms with Crippen molar-refractivity contribution in [1.82, 2.24) is 0 Å². The van der Waals surface area contributed by atoms with Crippen LogP contribution in [0, 0.1) is 11.3 Å². The Morgan fingerprint density at radius 2 is 1.92 bits per heavy atom. The van der Waals surface area contributed by atoms with Gasteiger partial charge in [-0.25, -0.2) is 13.6 Å². The lowest BCUT2D eigenvalue weighted by Crippen LogP contribution is -2.14. The second kappa shape index (κ2) is 7.61. The molecule has 1 amide bonds. The zero-order valence-corrected chi connectivity index (χ0v) is 14.1. The number of nitrogens with one attached hydrogen (secondary N) is 1. The van der Waals surface area contributed by atoms with Crippen LogP contribution in [0.25, 0.3) is 6.08 Å². The highest BCUT2D eigenvalue weighted by Crippen LogP contribution is 2.17. The van der Waals surface area contributed by atoms with Gasteiger partial charge in [-0.2, -0.15) is 5.26 Å². The number of nitrogens with zero attached hydrogens (tertiary/aromatic N) is 1. The third-order valence-electron chi connectivity index (χ3n) is 3.21. The molecule has 8 heteroatoms. The van der Waals surface area contributed by atoms with Gasteiger partial charge in [-0.1, -0.05) is 12.1 Å². The minimum Gasteiger partial charge on any atom is -0.497 e. The van der Waals surface area contributed by atoms with Crippen LogP contribution in [-0.4, -0.2) is 21.4 Å². The number of ether oxygens (including phenoxy) is 1. The normalized spacial score (nSPS) is 11.5. The van der Waals surface area contributed by atoms with E-state index < -0.39 is 15.9 Å². The van der Waals surface area contributed by atoms with Gasteiger partial charge in [0.1, 0.15) is 17.4 Å². The third kappa shape index (κ3) is 4.91. The molecular weight excluding hydrogens is 342 g/mol. The Balaban J connectivity index is 2.20. The summed E-state index contributed by atoms with van der Waals surface area (Å²) in [6.07, 6.45) is 1.43. The van der Waals surface area contributed by atoms with E-state index in [2.05, 4.69) is 5.32 Å². The number of nitrogens with two attached hydrogens (primary N) is 1. The van der Waals surface area contributed by atoms with Crippen molar-refractivity contribution in [2.75, 3.05) is 12.4 Å². The van der Waals surface area contributed by atoms with Crippen molar-refractivity contribution in [2.45, 2.75) is 4.90 Å². The van der Waals surface area contributed by atoms with Crippen LogP contribution in [0.4, 0.5) is 5.69 Å². The molecule has 2 rings (SSSR count). The van der Waals surface area contributed by atoms with E-state index in [1.165, 1.54) is 37.5 Å². The Labute approximate surface area is 145 Å². The van der Waals surface area contributed by atoms with Gasteiger partial charge in [0.05, 0.1) is 12.0 Å². The van der Waals surface area contributed by atoms with Gasteiger partial charge in [0, 0.05) is 5.69 Å². The van der Waals surface area contributed by atoms with Gasteiger partial charge in [0.25, 0.3) is 5.91 Å². The minimum atomic E-state index is -3.80. The topological polar surface area (TPSA) is 122 Å². The fourth-order valence-electron chi connectivity index (χ4n) is 1.97. The quantitative estimate of drug-likeness (QED) is 0.625. The van der Waals surface area contributed by atoms with E-state index in [9.17, 15) is 18.5 Å². The van der Waals surface area contributed by atoms with E-state index in [0.717, 1.165) is 0 Å². The van der Waals surface area contributed by atoms with Crippen LogP contribution in [0.3, 0.4) is 0 Å². The Morgan fingerprint density at radius 1 is 1.24 bits per heavy atom. The first-order chi connectivity index (χ1) is 11.8. The molecule has 0 radical (unpaired) electrons. The average Bonchev–Trinajstić information content (AvgIpc) is 2.59. The van der Waals surface area contributed by atoms with E-state index in [1.54, 1.807) is 24.3 Å². The van der Waals surface area contributed by atoms with Gasteiger partial charge in [-0.3, -0.25) is 4.79 Å². The van der Waals surface area contributed by atoms with Crippen LogP contribution in [0.1, 0.15) is 5.56 Å². The summed E-state index contributed by atoms with van der Waals surface area (Å²) in [6.45, 7) is 0. The zero-order valence-electron chi connectivity index (χ0n) is 13.3. The van der Waals surface area contributed by atoms with E-state index >= 15 is 0 Å². The average molecular weight is 357 g/mol. The number of carbonyl (C=O) groups is 1. The number of benzene rings is 2. The van der Waals surface area contributed by atoms with Crippen molar-refractivity contribution in [3.63, 3.8) is 0 Å². The number of nitriles is 1. The van der Waals surface area contributed by atoms with E-state index in [-0.39, 0.29) is 10.5 Å². The number of primary sulfonamides is 1. The molecule has 7 nitrogen and oxygen atoms in total.